The maximum absolute atomic E-state index is 12.8. The number of hydrogen-bond acceptors (Lipinski definition) is 6. The standard InChI is InChI=1S/C20H25N5O2S/c1-12(15-7-21-24(4)8-15)22-20(26)18-11-28-19-10-25(6-5-16(18)19)9-17-13(2)23-27-14(17)3/h7-8,11-12H,5-6,9-10H2,1-4H3,(H,22,26)/t12-/m1/s1. The Morgan fingerprint density at radius 2 is 2.25 bits per heavy atom. The molecule has 1 N–H and O–H groups in total. The molecule has 0 fully saturated rings. The average molecular weight is 400 g/mol. The summed E-state index contributed by atoms with van der Waals surface area (Å²) < 4.78 is 7.03. The van der Waals surface area contributed by atoms with Crippen molar-refractivity contribution >= 4 is 17.2 Å². The fourth-order valence-corrected chi connectivity index (χ4v) is 4.80. The van der Waals surface area contributed by atoms with Crippen LogP contribution in [0.1, 0.15) is 56.3 Å². The van der Waals surface area contributed by atoms with Gasteiger partial charge in [0.25, 0.3) is 5.91 Å². The minimum atomic E-state index is -0.0728. The van der Waals surface area contributed by atoms with Gasteiger partial charge in [-0.25, -0.2) is 0 Å². The molecule has 0 spiro atoms. The number of carbonyl (C=O) groups excluding carboxylic acids is 1. The molecule has 8 heteroatoms. The van der Waals surface area contributed by atoms with Crippen LogP contribution in [0.2, 0.25) is 0 Å². The molecule has 1 aliphatic rings. The predicted molar refractivity (Wildman–Crippen MR) is 107 cm³/mol. The Balaban J connectivity index is 1.44. The zero-order valence-corrected chi connectivity index (χ0v) is 17.5. The summed E-state index contributed by atoms with van der Waals surface area (Å²) >= 11 is 1.67. The Bertz CT molecular complexity index is 983. The number of nitrogens with one attached hydrogen (secondary N) is 1. The van der Waals surface area contributed by atoms with E-state index < -0.39 is 0 Å². The minimum absolute atomic E-state index is 0.00646. The smallest absolute Gasteiger partial charge is 0.252 e. The molecule has 0 saturated carbocycles. The molecule has 0 aliphatic carbocycles. The van der Waals surface area contributed by atoms with E-state index in [9.17, 15) is 4.79 Å². The zero-order valence-electron chi connectivity index (χ0n) is 16.7. The molecular weight excluding hydrogens is 374 g/mol. The maximum Gasteiger partial charge on any atom is 0.252 e. The van der Waals surface area contributed by atoms with Gasteiger partial charge in [0.15, 0.2) is 0 Å². The summed E-state index contributed by atoms with van der Waals surface area (Å²) in [6.07, 6.45) is 4.60. The molecule has 1 aliphatic heterocycles. The molecule has 1 amide bonds. The molecule has 0 unspecified atom stereocenters. The highest BCUT2D eigenvalue weighted by Crippen LogP contribution is 2.30. The molecule has 0 bridgehead atoms. The molecule has 3 aromatic heterocycles. The second kappa shape index (κ2) is 7.52. The first-order chi connectivity index (χ1) is 13.4. The maximum atomic E-state index is 12.8. The zero-order chi connectivity index (χ0) is 19.8. The van der Waals surface area contributed by atoms with Crippen LogP contribution >= 0.6 is 11.3 Å². The third-order valence-electron chi connectivity index (χ3n) is 5.41. The summed E-state index contributed by atoms with van der Waals surface area (Å²) in [5, 5.41) is 13.3. The molecule has 4 rings (SSSR count). The van der Waals surface area contributed by atoms with Crippen LogP contribution in [0.25, 0.3) is 0 Å². The summed E-state index contributed by atoms with van der Waals surface area (Å²) in [6, 6.07) is -0.0728. The summed E-state index contributed by atoms with van der Waals surface area (Å²) in [6.45, 7) is 8.54. The van der Waals surface area contributed by atoms with Gasteiger partial charge in [-0.3, -0.25) is 14.4 Å². The monoisotopic (exact) mass is 399 g/mol. The molecule has 0 aromatic carbocycles. The van der Waals surface area contributed by atoms with Crippen LogP contribution in [-0.4, -0.2) is 32.3 Å². The van der Waals surface area contributed by atoms with Gasteiger partial charge in [-0.05, 0) is 32.8 Å². The lowest BCUT2D eigenvalue weighted by atomic mass is 10.0. The van der Waals surface area contributed by atoms with Crippen molar-refractivity contribution in [2.75, 3.05) is 6.54 Å². The van der Waals surface area contributed by atoms with E-state index in [0.717, 1.165) is 48.6 Å². The molecule has 3 aromatic rings. The van der Waals surface area contributed by atoms with Gasteiger partial charge < -0.3 is 9.84 Å². The number of carbonyl (C=O) groups is 1. The van der Waals surface area contributed by atoms with Gasteiger partial charge in [0, 0.05) is 54.3 Å². The lowest BCUT2D eigenvalue weighted by molar-refractivity contribution is 0.0938. The lowest BCUT2D eigenvalue weighted by Gasteiger charge is -2.27. The fraction of sp³-hybridized carbons (Fsp3) is 0.450. The Hall–Kier alpha value is -2.45. The van der Waals surface area contributed by atoms with Gasteiger partial charge in [-0.1, -0.05) is 5.16 Å². The molecule has 148 valence electrons. The van der Waals surface area contributed by atoms with Gasteiger partial charge in [-0.2, -0.15) is 5.10 Å². The van der Waals surface area contributed by atoms with Crippen LogP contribution in [0.15, 0.2) is 22.3 Å². The third kappa shape index (κ3) is 3.62. The number of aryl methyl sites for hydroxylation is 3. The molecule has 1 atom stereocenters. The van der Waals surface area contributed by atoms with Gasteiger partial charge in [0.05, 0.1) is 23.5 Å². The lowest BCUT2D eigenvalue weighted by Crippen LogP contribution is -2.32. The van der Waals surface area contributed by atoms with Crippen LogP contribution in [0.3, 0.4) is 0 Å². The van der Waals surface area contributed by atoms with E-state index >= 15 is 0 Å². The Morgan fingerprint density at radius 3 is 2.93 bits per heavy atom. The second-order valence-electron chi connectivity index (χ2n) is 7.46. The number of aromatic nitrogens is 3. The Kier molecular flexibility index (Phi) is 5.07. The molecule has 0 saturated heterocycles. The van der Waals surface area contributed by atoms with Crippen molar-refractivity contribution in [3.63, 3.8) is 0 Å². The first kappa shape index (κ1) is 18.9. The van der Waals surface area contributed by atoms with Crippen molar-refractivity contribution in [1.82, 2.24) is 25.2 Å². The van der Waals surface area contributed by atoms with Crippen molar-refractivity contribution in [3.05, 3.63) is 56.4 Å². The first-order valence-electron chi connectivity index (χ1n) is 9.45. The third-order valence-corrected chi connectivity index (χ3v) is 6.42. The van der Waals surface area contributed by atoms with Crippen molar-refractivity contribution in [1.29, 1.82) is 0 Å². The van der Waals surface area contributed by atoms with Gasteiger partial charge in [0.2, 0.25) is 0 Å². The van der Waals surface area contributed by atoms with Crippen LogP contribution in [-0.2, 0) is 26.6 Å². The summed E-state index contributed by atoms with van der Waals surface area (Å²) in [5.41, 5.74) is 5.14. The summed E-state index contributed by atoms with van der Waals surface area (Å²) in [5.74, 6) is 0.881. The van der Waals surface area contributed by atoms with E-state index in [1.807, 2.05) is 39.4 Å². The molecule has 28 heavy (non-hydrogen) atoms. The first-order valence-corrected chi connectivity index (χ1v) is 10.3. The molecule has 0 radical (unpaired) electrons. The topological polar surface area (TPSA) is 76.2 Å². The van der Waals surface area contributed by atoms with Crippen LogP contribution in [0, 0.1) is 13.8 Å². The fourth-order valence-electron chi connectivity index (χ4n) is 3.68. The number of rotatable bonds is 5. The largest absolute Gasteiger partial charge is 0.361 e. The number of nitrogens with zero attached hydrogens (tertiary/aromatic N) is 4. The van der Waals surface area contributed by atoms with Gasteiger partial charge in [0.1, 0.15) is 5.76 Å². The van der Waals surface area contributed by atoms with Crippen LogP contribution in [0.4, 0.5) is 0 Å². The highest BCUT2D eigenvalue weighted by Gasteiger charge is 2.26. The molecular formula is C20H25N5O2S. The SMILES string of the molecule is Cc1noc(C)c1CN1CCc2c(C(=O)N[C@H](C)c3cnn(C)c3)csc2C1. The molecule has 4 heterocycles. The van der Waals surface area contributed by atoms with E-state index in [1.165, 1.54) is 16.0 Å². The number of thiophene rings is 1. The van der Waals surface area contributed by atoms with Crippen molar-refractivity contribution in [3.8, 4) is 0 Å². The molecule has 7 nitrogen and oxygen atoms in total. The Labute approximate surface area is 168 Å². The number of amides is 1. The van der Waals surface area contributed by atoms with Crippen LogP contribution in [0.5, 0.6) is 0 Å². The second-order valence-corrected chi connectivity index (χ2v) is 8.42. The van der Waals surface area contributed by atoms with E-state index in [-0.39, 0.29) is 11.9 Å². The Morgan fingerprint density at radius 1 is 1.43 bits per heavy atom. The minimum Gasteiger partial charge on any atom is -0.361 e. The highest BCUT2D eigenvalue weighted by molar-refractivity contribution is 7.10. The summed E-state index contributed by atoms with van der Waals surface area (Å²) in [7, 11) is 1.88. The average Bonchev–Trinajstić information content (AvgIpc) is 3.36. The predicted octanol–water partition coefficient (Wildman–Crippen LogP) is 3.14. The van der Waals surface area contributed by atoms with E-state index in [0.29, 0.717) is 0 Å². The van der Waals surface area contributed by atoms with Gasteiger partial charge in [-0.15, -0.1) is 11.3 Å². The highest BCUT2D eigenvalue weighted by atomic mass is 32.1. The van der Waals surface area contributed by atoms with E-state index in [1.54, 1.807) is 22.2 Å². The number of hydrogen-bond donors (Lipinski definition) is 1. The van der Waals surface area contributed by atoms with Crippen LogP contribution < -0.4 is 5.32 Å². The van der Waals surface area contributed by atoms with Crippen molar-refractivity contribution < 1.29 is 9.32 Å². The number of fused-ring (bicyclic) bond motifs is 1. The van der Waals surface area contributed by atoms with Crippen molar-refractivity contribution in [2.24, 2.45) is 7.05 Å². The van der Waals surface area contributed by atoms with Crippen molar-refractivity contribution in [2.45, 2.75) is 46.3 Å². The normalized spacial score (nSPS) is 15.4. The van der Waals surface area contributed by atoms with E-state index in [4.69, 9.17) is 4.52 Å². The quantitative estimate of drug-likeness (QED) is 0.713. The van der Waals surface area contributed by atoms with Gasteiger partial charge >= 0.3 is 0 Å². The summed E-state index contributed by atoms with van der Waals surface area (Å²) in [4.78, 5) is 16.5. The van der Waals surface area contributed by atoms with E-state index in [2.05, 4.69) is 20.5 Å².